The summed E-state index contributed by atoms with van der Waals surface area (Å²) >= 11 is 0. The Morgan fingerprint density at radius 3 is 2.72 bits per heavy atom. The van der Waals surface area contributed by atoms with Crippen molar-refractivity contribution in [1.29, 1.82) is 0 Å². The van der Waals surface area contributed by atoms with Gasteiger partial charge in [-0.25, -0.2) is 13.2 Å². The minimum Gasteiger partial charge on any atom is -0.338 e. The zero-order chi connectivity index (χ0) is 18.1. The highest BCUT2D eigenvalue weighted by atomic mass is 32.2. The van der Waals surface area contributed by atoms with E-state index in [-0.39, 0.29) is 11.8 Å². The highest BCUT2D eigenvalue weighted by Crippen LogP contribution is 2.19. The van der Waals surface area contributed by atoms with E-state index < -0.39 is 10.0 Å². The largest absolute Gasteiger partial charge is 0.338 e. The first kappa shape index (κ1) is 19.3. The number of urea groups is 1. The summed E-state index contributed by atoms with van der Waals surface area (Å²) in [6, 6.07) is 6.40. The van der Waals surface area contributed by atoms with Crippen LogP contribution in [0.5, 0.6) is 0 Å². The number of nitrogens with one attached hydrogen (secondary N) is 3. The van der Waals surface area contributed by atoms with Gasteiger partial charge >= 0.3 is 6.03 Å². The Balaban J connectivity index is 1.82. The van der Waals surface area contributed by atoms with E-state index in [2.05, 4.69) is 21.4 Å². The first-order valence-corrected chi connectivity index (χ1v) is 10.5. The normalized spacial score (nSPS) is 14.5. The van der Waals surface area contributed by atoms with Crippen LogP contribution in [-0.2, 0) is 10.0 Å². The molecule has 1 aliphatic carbocycles. The summed E-state index contributed by atoms with van der Waals surface area (Å²) in [6.45, 7) is 2.41. The summed E-state index contributed by atoms with van der Waals surface area (Å²) in [5.41, 5.74) is 2.41. The van der Waals surface area contributed by atoms with Gasteiger partial charge in [0.15, 0.2) is 0 Å². The standard InChI is InChI=1S/C18H27N3O3S/c1-2-13-25(23,24)21-17-10-6-9-16(14-17)20-18(22)19-12-11-15-7-4-3-5-8-15/h6-7,9-10,14,21H,2-5,8,11-13H2,1H3,(H2,19,20,22). The molecule has 7 heteroatoms. The molecule has 0 spiro atoms. The number of anilines is 2. The van der Waals surface area contributed by atoms with Gasteiger partial charge in [0.1, 0.15) is 0 Å². The molecule has 3 N–H and O–H groups in total. The number of hydrogen-bond acceptors (Lipinski definition) is 3. The lowest BCUT2D eigenvalue weighted by Gasteiger charge is -2.13. The van der Waals surface area contributed by atoms with E-state index in [4.69, 9.17) is 0 Å². The molecule has 25 heavy (non-hydrogen) atoms. The highest BCUT2D eigenvalue weighted by molar-refractivity contribution is 7.92. The average Bonchev–Trinajstić information content (AvgIpc) is 2.55. The van der Waals surface area contributed by atoms with Crippen LogP contribution in [0.2, 0.25) is 0 Å². The Bertz CT molecular complexity index is 714. The summed E-state index contributed by atoms with van der Waals surface area (Å²) in [6.07, 6.45) is 8.46. The lowest BCUT2D eigenvalue weighted by molar-refractivity contribution is 0.252. The van der Waals surface area contributed by atoms with Crippen molar-refractivity contribution < 1.29 is 13.2 Å². The number of carbonyl (C=O) groups is 1. The molecule has 0 unspecified atom stereocenters. The van der Waals surface area contributed by atoms with Crippen LogP contribution in [0, 0.1) is 0 Å². The van der Waals surface area contributed by atoms with E-state index in [1.54, 1.807) is 24.3 Å². The van der Waals surface area contributed by atoms with Crippen LogP contribution in [0.1, 0.15) is 45.4 Å². The molecular weight excluding hydrogens is 338 g/mol. The molecule has 0 saturated carbocycles. The molecule has 2 amide bonds. The topological polar surface area (TPSA) is 87.3 Å². The summed E-state index contributed by atoms with van der Waals surface area (Å²) < 4.78 is 26.1. The molecule has 1 aromatic carbocycles. The predicted octanol–water partition coefficient (Wildman–Crippen LogP) is 3.85. The Labute approximate surface area is 150 Å². The van der Waals surface area contributed by atoms with Crippen LogP contribution in [0.3, 0.4) is 0 Å². The van der Waals surface area contributed by atoms with Crippen LogP contribution in [0.4, 0.5) is 16.2 Å². The number of carbonyl (C=O) groups excluding carboxylic acids is 1. The third-order valence-corrected chi connectivity index (χ3v) is 5.48. The number of sulfonamides is 1. The van der Waals surface area contributed by atoms with Crippen LogP contribution in [-0.4, -0.2) is 26.7 Å². The van der Waals surface area contributed by atoms with E-state index in [1.807, 2.05) is 6.92 Å². The maximum absolute atomic E-state index is 12.0. The van der Waals surface area contributed by atoms with Crippen molar-refractivity contribution in [3.63, 3.8) is 0 Å². The molecule has 1 aromatic rings. The first-order valence-electron chi connectivity index (χ1n) is 8.82. The Kier molecular flexibility index (Phi) is 7.31. The lowest BCUT2D eigenvalue weighted by atomic mass is 9.97. The minimum atomic E-state index is -3.34. The molecule has 6 nitrogen and oxygen atoms in total. The number of benzene rings is 1. The fourth-order valence-electron chi connectivity index (χ4n) is 2.80. The summed E-state index contributed by atoms with van der Waals surface area (Å²) in [7, 11) is -3.34. The van der Waals surface area contributed by atoms with Crippen LogP contribution in [0.25, 0.3) is 0 Å². The third kappa shape index (κ3) is 7.17. The molecule has 0 aromatic heterocycles. The molecule has 0 bridgehead atoms. The Morgan fingerprint density at radius 1 is 1.20 bits per heavy atom. The van der Waals surface area contributed by atoms with Crippen molar-refractivity contribution in [3.8, 4) is 0 Å². The quantitative estimate of drug-likeness (QED) is 0.612. The Hall–Kier alpha value is -2.02. The zero-order valence-electron chi connectivity index (χ0n) is 14.7. The maximum atomic E-state index is 12.0. The highest BCUT2D eigenvalue weighted by Gasteiger charge is 2.10. The number of rotatable bonds is 8. The van der Waals surface area contributed by atoms with Crippen molar-refractivity contribution in [2.45, 2.75) is 45.4 Å². The molecule has 0 fully saturated rings. The summed E-state index contributed by atoms with van der Waals surface area (Å²) in [4.78, 5) is 12.0. The fourth-order valence-corrected chi connectivity index (χ4v) is 3.93. The van der Waals surface area contributed by atoms with Crippen molar-refractivity contribution in [1.82, 2.24) is 5.32 Å². The SMILES string of the molecule is CCCS(=O)(=O)Nc1cccc(NC(=O)NCCC2=CCCCC2)c1. The molecular formula is C18H27N3O3S. The Morgan fingerprint density at radius 2 is 2.00 bits per heavy atom. The maximum Gasteiger partial charge on any atom is 0.319 e. The number of hydrogen-bond donors (Lipinski definition) is 3. The fraction of sp³-hybridized carbons (Fsp3) is 0.500. The molecule has 0 atom stereocenters. The summed E-state index contributed by atoms with van der Waals surface area (Å²) in [5, 5.41) is 5.57. The van der Waals surface area contributed by atoms with Crippen molar-refractivity contribution >= 4 is 27.4 Å². The smallest absolute Gasteiger partial charge is 0.319 e. The molecule has 1 aliphatic rings. The van der Waals surface area contributed by atoms with Crippen LogP contribution in [0.15, 0.2) is 35.9 Å². The van der Waals surface area contributed by atoms with E-state index in [0.29, 0.717) is 24.3 Å². The number of amides is 2. The molecule has 0 aliphatic heterocycles. The van der Waals surface area contributed by atoms with Crippen LogP contribution >= 0.6 is 0 Å². The van der Waals surface area contributed by atoms with Crippen molar-refractivity contribution in [2.75, 3.05) is 22.3 Å². The van der Waals surface area contributed by atoms with E-state index in [0.717, 1.165) is 19.3 Å². The molecule has 138 valence electrons. The first-order chi connectivity index (χ1) is 12.0. The van der Waals surface area contributed by atoms with Gasteiger partial charge in [-0.05, 0) is 56.7 Å². The monoisotopic (exact) mass is 365 g/mol. The van der Waals surface area contributed by atoms with Gasteiger partial charge in [-0.3, -0.25) is 4.72 Å². The molecule has 0 heterocycles. The second-order valence-electron chi connectivity index (χ2n) is 6.24. The van der Waals surface area contributed by atoms with Gasteiger partial charge in [0.25, 0.3) is 0 Å². The lowest BCUT2D eigenvalue weighted by Crippen LogP contribution is -2.29. The van der Waals surface area contributed by atoms with Gasteiger partial charge in [-0.1, -0.05) is 24.6 Å². The van der Waals surface area contributed by atoms with Gasteiger partial charge < -0.3 is 10.6 Å². The van der Waals surface area contributed by atoms with Crippen molar-refractivity contribution in [3.05, 3.63) is 35.9 Å². The van der Waals surface area contributed by atoms with E-state index in [1.165, 1.54) is 18.4 Å². The van der Waals surface area contributed by atoms with Gasteiger partial charge in [0.2, 0.25) is 10.0 Å². The van der Waals surface area contributed by atoms with Gasteiger partial charge in [0, 0.05) is 12.2 Å². The van der Waals surface area contributed by atoms with Crippen molar-refractivity contribution in [2.24, 2.45) is 0 Å². The van der Waals surface area contributed by atoms with Gasteiger partial charge in [0.05, 0.1) is 11.4 Å². The zero-order valence-corrected chi connectivity index (χ0v) is 15.5. The van der Waals surface area contributed by atoms with E-state index in [9.17, 15) is 13.2 Å². The molecule has 2 rings (SSSR count). The number of allylic oxidation sites excluding steroid dienone is 1. The summed E-state index contributed by atoms with van der Waals surface area (Å²) in [5.74, 6) is 0.0704. The van der Waals surface area contributed by atoms with Gasteiger partial charge in [-0.2, -0.15) is 0 Å². The second kappa shape index (κ2) is 9.46. The molecule has 0 radical (unpaired) electrons. The van der Waals surface area contributed by atoms with E-state index >= 15 is 0 Å². The second-order valence-corrected chi connectivity index (χ2v) is 8.08. The predicted molar refractivity (Wildman–Crippen MR) is 102 cm³/mol. The third-order valence-electron chi connectivity index (χ3n) is 3.98. The van der Waals surface area contributed by atoms with Crippen LogP contribution < -0.4 is 15.4 Å². The average molecular weight is 365 g/mol. The molecule has 0 saturated heterocycles. The minimum absolute atomic E-state index is 0.0704. The van der Waals surface area contributed by atoms with Gasteiger partial charge in [-0.15, -0.1) is 0 Å².